The van der Waals surface area contributed by atoms with Crippen LogP contribution in [0.3, 0.4) is 0 Å². The maximum atomic E-state index is 12.3. The average molecular weight is 239 g/mol. The maximum Gasteiger partial charge on any atom is 0.419 e. The predicted molar refractivity (Wildman–Crippen MR) is 56.9 cm³/mol. The normalized spacial score (nSPS) is 11.5. The van der Waals surface area contributed by atoms with Crippen molar-refractivity contribution < 1.29 is 13.2 Å². The van der Waals surface area contributed by atoms with Gasteiger partial charge in [0.15, 0.2) is 5.82 Å². The molecule has 2 N–H and O–H groups in total. The van der Waals surface area contributed by atoms with Gasteiger partial charge in [0.25, 0.3) is 0 Å². The predicted octanol–water partition coefficient (Wildman–Crippen LogP) is 2.74. The smallest absolute Gasteiger partial charge is 0.399 e. The number of hydrogen-bond donors (Lipinski definition) is 1. The molecule has 0 saturated carbocycles. The fourth-order valence-corrected chi connectivity index (χ4v) is 1.26. The molecule has 0 aliphatic heterocycles. The number of aromatic nitrogens is 2. The van der Waals surface area contributed by atoms with E-state index in [4.69, 9.17) is 5.73 Å². The third-order valence-corrected chi connectivity index (χ3v) is 2.15. The van der Waals surface area contributed by atoms with Gasteiger partial charge < -0.3 is 5.73 Å². The second kappa shape index (κ2) is 4.04. The van der Waals surface area contributed by atoms with Gasteiger partial charge in [-0.05, 0) is 24.3 Å². The summed E-state index contributed by atoms with van der Waals surface area (Å²) >= 11 is 0. The molecule has 0 radical (unpaired) electrons. The lowest BCUT2D eigenvalue weighted by Crippen LogP contribution is -2.06. The molecule has 1 aromatic carbocycles. The Balaban J connectivity index is 2.33. The molecule has 0 unspecified atom stereocenters. The standard InChI is InChI=1S/C11H8F3N3/c12-11(13,14)8-5-16-10(17-6-8)7-1-3-9(15)4-2-7/h1-6H,15H2. The van der Waals surface area contributed by atoms with E-state index in [0.29, 0.717) is 11.3 Å². The number of alkyl halides is 3. The summed E-state index contributed by atoms with van der Waals surface area (Å²) in [5.74, 6) is 0.234. The van der Waals surface area contributed by atoms with Crippen LogP contribution >= 0.6 is 0 Å². The van der Waals surface area contributed by atoms with Crippen molar-refractivity contribution in [2.45, 2.75) is 6.18 Å². The molecule has 0 saturated heterocycles. The highest BCUT2D eigenvalue weighted by Gasteiger charge is 2.31. The number of nitrogens with zero attached hydrogens (tertiary/aromatic N) is 2. The van der Waals surface area contributed by atoms with E-state index in [1.807, 2.05) is 0 Å². The topological polar surface area (TPSA) is 51.8 Å². The Hall–Kier alpha value is -2.11. The van der Waals surface area contributed by atoms with E-state index in [2.05, 4.69) is 9.97 Å². The molecule has 0 bridgehead atoms. The minimum absolute atomic E-state index is 0.234. The lowest BCUT2D eigenvalue weighted by molar-refractivity contribution is -0.138. The van der Waals surface area contributed by atoms with Gasteiger partial charge in [-0.15, -0.1) is 0 Å². The van der Waals surface area contributed by atoms with Crippen LogP contribution < -0.4 is 5.73 Å². The number of nitrogen functional groups attached to an aromatic ring is 1. The molecule has 1 aromatic heterocycles. The van der Waals surface area contributed by atoms with Gasteiger partial charge in [0.1, 0.15) is 0 Å². The second-order valence-corrected chi connectivity index (χ2v) is 3.42. The van der Waals surface area contributed by atoms with Crippen molar-refractivity contribution in [3.05, 3.63) is 42.2 Å². The fraction of sp³-hybridized carbons (Fsp3) is 0.0909. The Morgan fingerprint density at radius 3 is 1.94 bits per heavy atom. The summed E-state index contributed by atoms with van der Waals surface area (Å²) < 4.78 is 36.8. The summed E-state index contributed by atoms with van der Waals surface area (Å²) in [5, 5.41) is 0. The van der Waals surface area contributed by atoms with Gasteiger partial charge in [-0.1, -0.05) is 0 Å². The van der Waals surface area contributed by atoms with Crippen LogP contribution in [-0.4, -0.2) is 9.97 Å². The first-order chi connectivity index (χ1) is 7.97. The second-order valence-electron chi connectivity index (χ2n) is 3.42. The SMILES string of the molecule is Nc1ccc(-c2ncc(C(F)(F)F)cn2)cc1. The Bertz CT molecular complexity index is 503. The van der Waals surface area contributed by atoms with Crippen LogP contribution in [0, 0.1) is 0 Å². The fourth-order valence-electron chi connectivity index (χ4n) is 1.26. The lowest BCUT2D eigenvalue weighted by atomic mass is 10.2. The van der Waals surface area contributed by atoms with Crippen LogP contribution in [0.2, 0.25) is 0 Å². The first kappa shape index (κ1) is 11.4. The molecule has 0 aliphatic rings. The molecule has 0 aliphatic carbocycles. The molecular weight excluding hydrogens is 231 g/mol. The van der Waals surface area contributed by atoms with Gasteiger partial charge in [-0.25, -0.2) is 9.97 Å². The monoisotopic (exact) mass is 239 g/mol. The highest BCUT2D eigenvalue weighted by atomic mass is 19.4. The van der Waals surface area contributed by atoms with Gasteiger partial charge in [0.05, 0.1) is 5.56 Å². The zero-order chi connectivity index (χ0) is 12.5. The molecule has 88 valence electrons. The zero-order valence-corrected chi connectivity index (χ0v) is 8.57. The molecule has 0 fully saturated rings. The van der Waals surface area contributed by atoms with E-state index in [-0.39, 0.29) is 5.82 Å². The summed E-state index contributed by atoms with van der Waals surface area (Å²) in [6, 6.07) is 6.57. The molecular formula is C11H8F3N3. The highest BCUT2D eigenvalue weighted by molar-refractivity contribution is 5.58. The van der Waals surface area contributed by atoms with Gasteiger partial charge in [-0.2, -0.15) is 13.2 Å². The van der Waals surface area contributed by atoms with Crippen LogP contribution in [0.1, 0.15) is 5.56 Å². The summed E-state index contributed by atoms with van der Waals surface area (Å²) in [4.78, 5) is 7.35. The van der Waals surface area contributed by atoms with Gasteiger partial charge in [0.2, 0.25) is 0 Å². The molecule has 3 nitrogen and oxygen atoms in total. The van der Waals surface area contributed by atoms with Crippen LogP contribution in [0.25, 0.3) is 11.4 Å². The molecule has 2 rings (SSSR count). The Morgan fingerprint density at radius 2 is 1.47 bits per heavy atom. The van der Waals surface area contributed by atoms with E-state index in [1.165, 1.54) is 0 Å². The van der Waals surface area contributed by atoms with Crippen molar-refractivity contribution in [1.29, 1.82) is 0 Å². The third kappa shape index (κ3) is 2.52. The van der Waals surface area contributed by atoms with Crippen molar-refractivity contribution in [3.63, 3.8) is 0 Å². The Kier molecular flexibility index (Phi) is 2.71. The van der Waals surface area contributed by atoms with Gasteiger partial charge in [-0.3, -0.25) is 0 Å². The molecule has 0 atom stereocenters. The lowest BCUT2D eigenvalue weighted by Gasteiger charge is -2.06. The van der Waals surface area contributed by atoms with Crippen LogP contribution in [0.5, 0.6) is 0 Å². The molecule has 6 heteroatoms. The Morgan fingerprint density at radius 1 is 0.941 bits per heavy atom. The largest absolute Gasteiger partial charge is 0.419 e. The molecule has 2 aromatic rings. The number of anilines is 1. The first-order valence-electron chi connectivity index (χ1n) is 4.72. The van der Waals surface area contributed by atoms with Crippen molar-refractivity contribution >= 4 is 5.69 Å². The van der Waals surface area contributed by atoms with Gasteiger partial charge in [0, 0.05) is 23.6 Å². The molecule has 1 heterocycles. The number of rotatable bonds is 1. The van der Waals surface area contributed by atoms with Crippen LogP contribution in [0.15, 0.2) is 36.7 Å². The quantitative estimate of drug-likeness (QED) is 0.778. The molecule has 0 spiro atoms. The minimum atomic E-state index is -4.42. The van der Waals surface area contributed by atoms with Crippen LogP contribution in [-0.2, 0) is 6.18 Å². The van der Waals surface area contributed by atoms with E-state index in [9.17, 15) is 13.2 Å². The summed E-state index contributed by atoms with van der Waals surface area (Å²) in [6.45, 7) is 0. The van der Waals surface area contributed by atoms with E-state index in [0.717, 1.165) is 12.4 Å². The zero-order valence-electron chi connectivity index (χ0n) is 8.57. The number of hydrogen-bond acceptors (Lipinski definition) is 3. The van der Waals surface area contributed by atoms with Gasteiger partial charge >= 0.3 is 6.18 Å². The highest BCUT2D eigenvalue weighted by Crippen LogP contribution is 2.28. The molecule has 17 heavy (non-hydrogen) atoms. The third-order valence-electron chi connectivity index (χ3n) is 2.15. The van der Waals surface area contributed by atoms with E-state index >= 15 is 0 Å². The minimum Gasteiger partial charge on any atom is -0.399 e. The van der Waals surface area contributed by atoms with Crippen molar-refractivity contribution in [2.24, 2.45) is 0 Å². The van der Waals surface area contributed by atoms with Crippen LogP contribution in [0.4, 0.5) is 18.9 Å². The first-order valence-corrected chi connectivity index (χ1v) is 4.72. The van der Waals surface area contributed by atoms with E-state index < -0.39 is 11.7 Å². The Labute approximate surface area is 95.1 Å². The van der Waals surface area contributed by atoms with Crippen molar-refractivity contribution in [2.75, 3.05) is 5.73 Å². The summed E-state index contributed by atoms with van der Waals surface area (Å²) in [7, 11) is 0. The van der Waals surface area contributed by atoms with E-state index in [1.54, 1.807) is 24.3 Å². The number of benzene rings is 1. The van der Waals surface area contributed by atoms with Crippen molar-refractivity contribution in [3.8, 4) is 11.4 Å². The number of nitrogens with two attached hydrogens (primary N) is 1. The average Bonchev–Trinajstić information content (AvgIpc) is 2.29. The summed E-state index contributed by atoms with van der Waals surface area (Å²) in [5.41, 5.74) is 5.82. The van der Waals surface area contributed by atoms with Crippen molar-refractivity contribution in [1.82, 2.24) is 9.97 Å². The number of halogens is 3. The maximum absolute atomic E-state index is 12.3. The molecule has 0 amide bonds. The summed E-state index contributed by atoms with van der Waals surface area (Å²) in [6.07, 6.45) is -2.89.